The molecule has 5 rings (SSSR count). The number of aromatic nitrogens is 1. The van der Waals surface area contributed by atoms with Crippen molar-refractivity contribution < 1.29 is 24.2 Å². The molecule has 3 aromatic rings. The van der Waals surface area contributed by atoms with Crippen molar-refractivity contribution in [2.45, 2.75) is 25.3 Å². The largest absolute Gasteiger partial charge is 0.460 e. The molecule has 8 nitrogen and oxygen atoms in total. The Labute approximate surface area is 200 Å². The minimum absolute atomic E-state index is 0.0566. The van der Waals surface area contributed by atoms with Crippen LogP contribution in [0.5, 0.6) is 0 Å². The van der Waals surface area contributed by atoms with E-state index >= 15 is 0 Å². The van der Waals surface area contributed by atoms with E-state index in [1.54, 1.807) is 35.6 Å². The zero-order chi connectivity index (χ0) is 23.9. The molecule has 1 saturated heterocycles. The van der Waals surface area contributed by atoms with Crippen molar-refractivity contribution in [3.05, 3.63) is 64.2 Å². The van der Waals surface area contributed by atoms with Gasteiger partial charge in [0.2, 0.25) is 0 Å². The molecule has 0 bridgehead atoms. The van der Waals surface area contributed by atoms with Gasteiger partial charge >= 0.3 is 5.97 Å². The summed E-state index contributed by atoms with van der Waals surface area (Å²) in [6, 6.07) is 12.2. The molecular weight excluding hydrogens is 454 g/mol. The van der Waals surface area contributed by atoms with E-state index in [9.17, 15) is 14.4 Å². The molecule has 9 heteroatoms. The third-order valence-electron chi connectivity index (χ3n) is 6.45. The molecule has 1 aliphatic heterocycles. The number of aliphatic hydroxyl groups excluding tert-OH is 1. The third-order valence-corrected chi connectivity index (χ3v) is 7.41. The van der Waals surface area contributed by atoms with Crippen LogP contribution in [0.2, 0.25) is 0 Å². The third kappa shape index (κ3) is 4.05. The number of esters is 1. The van der Waals surface area contributed by atoms with Crippen molar-refractivity contribution in [1.82, 2.24) is 14.8 Å². The van der Waals surface area contributed by atoms with Gasteiger partial charge in [0.05, 0.1) is 38.5 Å². The van der Waals surface area contributed by atoms with Gasteiger partial charge in [-0.15, -0.1) is 11.3 Å². The van der Waals surface area contributed by atoms with E-state index in [0.717, 1.165) is 28.1 Å². The lowest BCUT2D eigenvalue weighted by molar-refractivity contribution is 0.0325. The van der Waals surface area contributed by atoms with Gasteiger partial charge in [-0.3, -0.25) is 9.59 Å². The normalized spacial score (nSPS) is 16.6. The Balaban J connectivity index is 1.34. The van der Waals surface area contributed by atoms with Gasteiger partial charge in [0.15, 0.2) is 0 Å². The molecule has 2 fully saturated rings. The number of benzene rings is 2. The van der Waals surface area contributed by atoms with E-state index in [1.807, 2.05) is 34.9 Å². The van der Waals surface area contributed by atoms with Crippen molar-refractivity contribution in [3.63, 3.8) is 0 Å². The summed E-state index contributed by atoms with van der Waals surface area (Å²) >= 11 is 1.60. The zero-order valence-corrected chi connectivity index (χ0v) is 19.6. The molecule has 176 valence electrons. The summed E-state index contributed by atoms with van der Waals surface area (Å²) < 4.78 is 6.09. The maximum Gasteiger partial charge on any atom is 0.339 e. The van der Waals surface area contributed by atoms with Crippen LogP contribution in [-0.2, 0) is 4.74 Å². The maximum atomic E-state index is 13.5. The van der Waals surface area contributed by atoms with E-state index in [4.69, 9.17) is 9.84 Å². The molecule has 1 aromatic heterocycles. The number of fused-ring (bicyclic) bond motifs is 1. The summed E-state index contributed by atoms with van der Waals surface area (Å²) in [6.07, 6.45) is 1.62. The number of hydrogen-bond donors (Lipinski definition) is 1. The number of rotatable bonds is 5. The van der Waals surface area contributed by atoms with Gasteiger partial charge in [-0.05, 0) is 50.1 Å². The molecular formula is C25H25N3O5S. The number of piperazine rings is 1. The van der Waals surface area contributed by atoms with Crippen LogP contribution in [0.25, 0.3) is 10.2 Å². The predicted octanol–water partition coefficient (Wildman–Crippen LogP) is 2.88. The van der Waals surface area contributed by atoms with Crippen LogP contribution in [0, 0.1) is 6.92 Å². The summed E-state index contributed by atoms with van der Waals surface area (Å²) in [5.41, 5.74) is 1.48. The second-order valence-electron chi connectivity index (χ2n) is 8.73. The average molecular weight is 480 g/mol. The van der Waals surface area contributed by atoms with E-state index in [-0.39, 0.29) is 36.2 Å². The van der Waals surface area contributed by atoms with E-state index in [1.165, 1.54) is 0 Å². The highest BCUT2D eigenvalue weighted by atomic mass is 32.1. The van der Waals surface area contributed by atoms with Crippen LogP contribution in [-0.4, -0.2) is 76.1 Å². The van der Waals surface area contributed by atoms with E-state index in [0.29, 0.717) is 25.2 Å². The van der Waals surface area contributed by atoms with Crippen molar-refractivity contribution in [2.75, 3.05) is 32.8 Å². The molecule has 2 aliphatic rings. The lowest BCUT2D eigenvalue weighted by atomic mass is 10.0. The molecule has 0 radical (unpaired) electrons. The first kappa shape index (κ1) is 22.5. The number of amides is 2. The molecule has 1 saturated carbocycles. The summed E-state index contributed by atoms with van der Waals surface area (Å²) in [5, 5.41) is 9.90. The summed E-state index contributed by atoms with van der Waals surface area (Å²) in [4.78, 5) is 47.3. The molecule has 2 heterocycles. The average Bonchev–Trinajstić information content (AvgIpc) is 3.50. The summed E-state index contributed by atoms with van der Waals surface area (Å²) in [6.45, 7) is 2.81. The monoisotopic (exact) mass is 479 g/mol. The van der Waals surface area contributed by atoms with Crippen molar-refractivity contribution in [2.24, 2.45) is 0 Å². The lowest BCUT2D eigenvalue weighted by Crippen LogP contribution is -2.58. The van der Waals surface area contributed by atoms with Crippen LogP contribution in [0.1, 0.15) is 48.9 Å². The van der Waals surface area contributed by atoms with Crippen molar-refractivity contribution >= 4 is 39.3 Å². The Morgan fingerprint density at radius 1 is 1.09 bits per heavy atom. The Kier molecular flexibility index (Phi) is 5.83. The number of nitrogens with zero attached hydrogens (tertiary/aromatic N) is 3. The summed E-state index contributed by atoms with van der Waals surface area (Å²) in [5.74, 6) is -0.927. The minimum Gasteiger partial charge on any atom is -0.460 e. The number of aliphatic hydroxyl groups is 1. The van der Waals surface area contributed by atoms with Crippen LogP contribution in [0.15, 0.2) is 42.5 Å². The van der Waals surface area contributed by atoms with Gasteiger partial charge in [0, 0.05) is 25.2 Å². The zero-order valence-electron chi connectivity index (χ0n) is 18.8. The number of carbonyl (C=O) groups is 3. The van der Waals surface area contributed by atoms with Crippen LogP contribution >= 0.6 is 11.3 Å². The molecule has 0 atom stereocenters. The fourth-order valence-electron chi connectivity index (χ4n) is 4.61. The Morgan fingerprint density at radius 3 is 2.59 bits per heavy atom. The molecule has 2 aromatic carbocycles. The van der Waals surface area contributed by atoms with Crippen LogP contribution < -0.4 is 0 Å². The summed E-state index contributed by atoms with van der Waals surface area (Å²) in [7, 11) is 0. The van der Waals surface area contributed by atoms with Crippen molar-refractivity contribution in [1.29, 1.82) is 0 Å². The van der Waals surface area contributed by atoms with Gasteiger partial charge in [0.25, 0.3) is 11.8 Å². The highest BCUT2D eigenvalue weighted by Gasteiger charge is 2.54. The molecule has 1 spiro atoms. The van der Waals surface area contributed by atoms with Crippen molar-refractivity contribution in [3.8, 4) is 0 Å². The van der Waals surface area contributed by atoms with Crippen LogP contribution in [0.4, 0.5) is 0 Å². The lowest BCUT2D eigenvalue weighted by Gasteiger charge is -2.42. The van der Waals surface area contributed by atoms with Gasteiger partial charge in [-0.2, -0.15) is 0 Å². The fraction of sp³-hybridized carbons (Fsp3) is 0.360. The quantitative estimate of drug-likeness (QED) is 0.565. The first-order valence-electron chi connectivity index (χ1n) is 11.3. The van der Waals surface area contributed by atoms with Gasteiger partial charge < -0.3 is 19.6 Å². The number of thiazole rings is 1. The first-order chi connectivity index (χ1) is 16.4. The number of aryl methyl sites for hydroxylation is 1. The number of carbonyl (C=O) groups excluding carboxylic acids is 3. The molecule has 1 N–H and O–H groups in total. The minimum atomic E-state index is -0.635. The van der Waals surface area contributed by atoms with E-state index < -0.39 is 11.5 Å². The van der Waals surface area contributed by atoms with Gasteiger partial charge in [0.1, 0.15) is 6.61 Å². The Hall–Kier alpha value is -3.30. The fourth-order valence-corrected chi connectivity index (χ4v) is 5.42. The molecule has 0 unspecified atom stereocenters. The van der Waals surface area contributed by atoms with Gasteiger partial charge in [-0.25, -0.2) is 9.78 Å². The SMILES string of the molecule is Cc1nc2cc(C(=O)N3CCN(C(=O)c4ccccc4C(=O)OCCO)C4(CC4)C3)ccc2s1. The van der Waals surface area contributed by atoms with E-state index in [2.05, 4.69) is 4.98 Å². The highest BCUT2D eigenvalue weighted by Crippen LogP contribution is 2.45. The number of hydrogen-bond acceptors (Lipinski definition) is 7. The molecule has 1 aliphatic carbocycles. The van der Waals surface area contributed by atoms with Gasteiger partial charge in [-0.1, -0.05) is 12.1 Å². The van der Waals surface area contributed by atoms with Crippen LogP contribution in [0.3, 0.4) is 0 Å². The molecule has 34 heavy (non-hydrogen) atoms. The Bertz CT molecular complexity index is 1280. The standard InChI is InChI=1S/C25H25N3O5S/c1-16-26-20-14-17(6-7-21(20)34-16)22(30)27-10-11-28(25(15-27)8-9-25)23(31)18-4-2-3-5-19(18)24(32)33-13-12-29/h2-7,14,29H,8-13,15H2,1H3. The second kappa shape index (κ2) is 8.81. The predicted molar refractivity (Wildman–Crippen MR) is 127 cm³/mol. The Morgan fingerprint density at radius 2 is 1.85 bits per heavy atom. The number of ether oxygens (including phenoxy) is 1. The second-order valence-corrected chi connectivity index (χ2v) is 9.96. The first-order valence-corrected chi connectivity index (χ1v) is 12.1. The maximum absolute atomic E-state index is 13.5. The molecule has 2 amide bonds. The highest BCUT2D eigenvalue weighted by molar-refractivity contribution is 7.18. The smallest absolute Gasteiger partial charge is 0.339 e. The topological polar surface area (TPSA) is 100 Å².